The minimum atomic E-state index is -0.129. The van der Waals surface area contributed by atoms with Gasteiger partial charge >= 0.3 is 0 Å². The summed E-state index contributed by atoms with van der Waals surface area (Å²) >= 11 is 3.15. The Labute approximate surface area is 170 Å². The first kappa shape index (κ1) is 19.3. The molecule has 1 amide bonds. The van der Waals surface area contributed by atoms with Crippen LogP contribution in [0.15, 0.2) is 22.3 Å². The maximum atomic E-state index is 12.7. The third-order valence-corrected chi connectivity index (χ3v) is 6.59. The fourth-order valence-corrected chi connectivity index (χ4v) is 5.21. The van der Waals surface area contributed by atoms with Crippen LogP contribution in [-0.4, -0.2) is 65.6 Å². The first-order chi connectivity index (χ1) is 13.5. The molecule has 3 aromatic rings. The number of hydrogen-bond donors (Lipinski definition) is 1. The SMILES string of the molecule is Cc1ccc(-c2csc3nc(CN(C)CC(=O)N4CCOCC4)[nH]c(=O)c23)s1. The van der Waals surface area contributed by atoms with Gasteiger partial charge in [0.25, 0.3) is 5.56 Å². The lowest BCUT2D eigenvalue weighted by Gasteiger charge is -2.28. The average Bonchev–Trinajstić information content (AvgIpc) is 3.28. The number of aryl methyl sites for hydroxylation is 1. The average molecular weight is 419 g/mol. The quantitative estimate of drug-likeness (QED) is 0.688. The molecule has 0 unspecified atom stereocenters. The van der Waals surface area contributed by atoms with E-state index in [9.17, 15) is 9.59 Å². The van der Waals surface area contributed by atoms with Gasteiger partial charge in [0.05, 0.1) is 31.7 Å². The number of hydrogen-bond acceptors (Lipinski definition) is 7. The van der Waals surface area contributed by atoms with Crippen LogP contribution in [0.4, 0.5) is 0 Å². The maximum Gasteiger partial charge on any atom is 0.260 e. The van der Waals surface area contributed by atoms with Gasteiger partial charge in [0.15, 0.2) is 0 Å². The highest BCUT2D eigenvalue weighted by Crippen LogP contribution is 2.34. The van der Waals surface area contributed by atoms with Crippen LogP contribution in [-0.2, 0) is 16.1 Å². The van der Waals surface area contributed by atoms with Gasteiger partial charge in [-0.25, -0.2) is 4.98 Å². The largest absolute Gasteiger partial charge is 0.378 e. The van der Waals surface area contributed by atoms with Crippen molar-refractivity contribution < 1.29 is 9.53 Å². The lowest BCUT2D eigenvalue weighted by molar-refractivity contribution is -0.136. The van der Waals surface area contributed by atoms with Crippen molar-refractivity contribution in [3.8, 4) is 10.4 Å². The number of nitrogens with one attached hydrogen (secondary N) is 1. The molecule has 0 atom stereocenters. The van der Waals surface area contributed by atoms with Gasteiger partial charge in [-0.05, 0) is 26.1 Å². The smallest absolute Gasteiger partial charge is 0.260 e. The third kappa shape index (κ3) is 4.02. The van der Waals surface area contributed by atoms with Crippen LogP contribution >= 0.6 is 22.7 Å². The van der Waals surface area contributed by atoms with Gasteiger partial charge in [0.1, 0.15) is 10.7 Å². The Bertz CT molecular complexity index is 1050. The number of thiophene rings is 2. The minimum absolute atomic E-state index is 0.0701. The van der Waals surface area contributed by atoms with Gasteiger partial charge in [-0.15, -0.1) is 22.7 Å². The molecule has 1 N–H and O–H groups in total. The Morgan fingerprint density at radius 1 is 1.36 bits per heavy atom. The molecule has 1 aliphatic heterocycles. The first-order valence-electron chi connectivity index (χ1n) is 9.12. The summed E-state index contributed by atoms with van der Waals surface area (Å²) < 4.78 is 5.28. The second-order valence-corrected chi connectivity index (χ2v) is 9.06. The number of carbonyl (C=O) groups is 1. The van der Waals surface area contributed by atoms with Crippen LogP contribution in [0.3, 0.4) is 0 Å². The number of likely N-dealkylation sites (N-methyl/N-ethyl adjacent to an activating group) is 1. The van der Waals surface area contributed by atoms with Crippen molar-refractivity contribution in [2.45, 2.75) is 13.5 Å². The Morgan fingerprint density at radius 2 is 2.14 bits per heavy atom. The number of ether oxygens (including phenoxy) is 1. The minimum Gasteiger partial charge on any atom is -0.378 e. The molecule has 9 heteroatoms. The van der Waals surface area contributed by atoms with Crippen molar-refractivity contribution in [1.82, 2.24) is 19.8 Å². The van der Waals surface area contributed by atoms with Crippen LogP contribution < -0.4 is 5.56 Å². The van der Waals surface area contributed by atoms with Crippen LogP contribution in [0, 0.1) is 6.92 Å². The molecular weight excluding hydrogens is 396 g/mol. The number of carbonyl (C=O) groups excluding carboxylic acids is 1. The van der Waals surface area contributed by atoms with E-state index in [1.54, 1.807) is 11.3 Å². The van der Waals surface area contributed by atoms with Crippen molar-refractivity contribution >= 4 is 38.8 Å². The Morgan fingerprint density at radius 3 is 2.86 bits per heavy atom. The van der Waals surface area contributed by atoms with Crippen LogP contribution in [0.5, 0.6) is 0 Å². The van der Waals surface area contributed by atoms with Crippen molar-refractivity contribution in [2.75, 3.05) is 39.9 Å². The van der Waals surface area contributed by atoms with Gasteiger partial charge in [0.2, 0.25) is 5.91 Å². The van der Waals surface area contributed by atoms with Crippen molar-refractivity contribution in [2.24, 2.45) is 0 Å². The van der Waals surface area contributed by atoms with Crippen molar-refractivity contribution in [3.63, 3.8) is 0 Å². The Hall–Kier alpha value is -2.07. The second-order valence-electron chi connectivity index (χ2n) is 6.92. The molecule has 0 bridgehead atoms. The standard InChI is InChI=1S/C19H22N4O3S2/c1-12-3-4-14(28-12)13-11-27-19-17(13)18(25)20-15(21-19)9-22(2)10-16(24)23-5-7-26-8-6-23/h3-4,11H,5-10H2,1-2H3,(H,20,21,25). The van der Waals surface area contributed by atoms with Gasteiger partial charge in [-0.3, -0.25) is 14.5 Å². The summed E-state index contributed by atoms with van der Waals surface area (Å²) in [5.74, 6) is 0.645. The van der Waals surface area contributed by atoms with Gasteiger partial charge in [-0.1, -0.05) is 0 Å². The molecule has 0 aromatic carbocycles. The molecule has 1 aliphatic rings. The second kappa shape index (κ2) is 8.12. The predicted octanol–water partition coefficient (Wildman–Crippen LogP) is 2.31. The molecule has 4 rings (SSSR count). The van der Waals surface area contributed by atoms with Crippen LogP contribution in [0.1, 0.15) is 10.7 Å². The number of aromatic amines is 1. The predicted molar refractivity (Wildman–Crippen MR) is 112 cm³/mol. The molecule has 1 fully saturated rings. The summed E-state index contributed by atoms with van der Waals surface area (Å²) in [4.78, 5) is 39.3. The monoisotopic (exact) mass is 418 g/mol. The van der Waals surface area contributed by atoms with Crippen molar-refractivity contribution in [3.05, 3.63) is 38.6 Å². The summed E-state index contributed by atoms with van der Waals surface area (Å²) in [6.07, 6.45) is 0. The summed E-state index contributed by atoms with van der Waals surface area (Å²) in [6, 6.07) is 4.10. The zero-order valence-electron chi connectivity index (χ0n) is 15.9. The van der Waals surface area contributed by atoms with Crippen molar-refractivity contribution in [1.29, 1.82) is 0 Å². The maximum absolute atomic E-state index is 12.7. The number of rotatable bonds is 5. The normalized spacial score (nSPS) is 14.9. The van der Waals surface area contributed by atoms with Gasteiger partial charge in [-0.2, -0.15) is 0 Å². The molecule has 3 aromatic heterocycles. The molecular formula is C19H22N4O3S2. The number of nitrogens with zero attached hydrogens (tertiary/aromatic N) is 3. The van der Waals surface area contributed by atoms with E-state index in [1.165, 1.54) is 16.2 Å². The first-order valence-corrected chi connectivity index (χ1v) is 10.8. The number of aromatic nitrogens is 2. The van der Waals surface area contributed by atoms with E-state index >= 15 is 0 Å². The van der Waals surface area contributed by atoms with Crippen LogP contribution in [0.25, 0.3) is 20.7 Å². The molecule has 0 aliphatic carbocycles. The highest BCUT2D eigenvalue weighted by molar-refractivity contribution is 7.19. The van der Waals surface area contributed by atoms with E-state index < -0.39 is 0 Å². The molecule has 0 saturated carbocycles. The number of amides is 1. The molecule has 7 nitrogen and oxygen atoms in total. The van der Waals surface area contributed by atoms with E-state index in [2.05, 4.69) is 23.0 Å². The topological polar surface area (TPSA) is 78.5 Å². The summed E-state index contributed by atoms with van der Waals surface area (Å²) in [7, 11) is 1.86. The lowest BCUT2D eigenvalue weighted by Crippen LogP contribution is -2.45. The van der Waals surface area contributed by atoms with Crippen LogP contribution in [0.2, 0.25) is 0 Å². The number of H-pyrrole nitrogens is 1. The van der Waals surface area contributed by atoms with Gasteiger partial charge < -0.3 is 14.6 Å². The third-order valence-electron chi connectivity index (χ3n) is 4.69. The summed E-state index contributed by atoms with van der Waals surface area (Å²) in [5, 5.41) is 2.64. The van der Waals surface area contributed by atoms with E-state index in [-0.39, 0.29) is 18.0 Å². The zero-order chi connectivity index (χ0) is 19.7. The molecule has 0 radical (unpaired) electrons. The molecule has 0 spiro atoms. The fourth-order valence-electron chi connectivity index (χ4n) is 3.28. The highest BCUT2D eigenvalue weighted by Gasteiger charge is 2.19. The fraction of sp³-hybridized carbons (Fsp3) is 0.421. The number of fused-ring (bicyclic) bond motifs is 1. The molecule has 148 valence electrons. The molecule has 4 heterocycles. The Kier molecular flexibility index (Phi) is 5.58. The van der Waals surface area contributed by atoms with E-state index in [0.717, 1.165) is 15.3 Å². The number of morpholine rings is 1. The van der Waals surface area contributed by atoms with E-state index in [4.69, 9.17) is 4.74 Å². The highest BCUT2D eigenvalue weighted by atomic mass is 32.1. The molecule has 1 saturated heterocycles. The van der Waals surface area contributed by atoms with E-state index in [0.29, 0.717) is 44.1 Å². The molecule has 28 heavy (non-hydrogen) atoms. The zero-order valence-corrected chi connectivity index (χ0v) is 17.5. The van der Waals surface area contributed by atoms with Gasteiger partial charge in [0, 0.05) is 33.8 Å². The lowest BCUT2D eigenvalue weighted by atomic mass is 10.2. The Balaban J connectivity index is 1.50. The summed E-state index contributed by atoms with van der Waals surface area (Å²) in [6.45, 7) is 5.19. The van der Waals surface area contributed by atoms with E-state index in [1.807, 2.05) is 28.3 Å². The summed E-state index contributed by atoms with van der Waals surface area (Å²) in [5.41, 5.74) is 0.810.